The standard InChI is InChI=1S/C9H11NO2.C2H6/c1-6-3-7(5-11)8(10)4-9(6)12-2;1-2/h3-5H,10H2,1-2H3;1-2H3. The van der Waals surface area contributed by atoms with E-state index >= 15 is 0 Å². The van der Waals surface area contributed by atoms with E-state index in [4.69, 9.17) is 10.5 Å². The summed E-state index contributed by atoms with van der Waals surface area (Å²) in [6.07, 6.45) is 0.738. The summed E-state index contributed by atoms with van der Waals surface area (Å²) >= 11 is 0. The number of methoxy groups -OCH3 is 1. The van der Waals surface area contributed by atoms with Crippen LogP contribution in [-0.2, 0) is 0 Å². The minimum Gasteiger partial charge on any atom is -0.496 e. The minimum absolute atomic E-state index is 0.451. The van der Waals surface area contributed by atoms with E-state index in [0.29, 0.717) is 17.0 Å². The van der Waals surface area contributed by atoms with E-state index in [0.717, 1.165) is 11.8 Å². The third-order valence-electron chi connectivity index (χ3n) is 1.73. The van der Waals surface area contributed by atoms with E-state index < -0.39 is 0 Å². The first-order chi connectivity index (χ1) is 6.69. The van der Waals surface area contributed by atoms with Crippen LogP contribution < -0.4 is 10.5 Å². The van der Waals surface area contributed by atoms with Crippen molar-refractivity contribution in [1.82, 2.24) is 0 Å². The van der Waals surface area contributed by atoms with E-state index in [1.54, 1.807) is 19.2 Å². The Balaban J connectivity index is 0.000000791. The van der Waals surface area contributed by atoms with E-state index in [9.17, 15) is 4.79 Å². The van der Waals surface area contributed by atoms with Gasteiger partial charge in [0.1, 0.15) is 5.75 Å². The van der Waals surface area contributed by atoms with Gasteiger partial charge in [0.25, 0.3) is 0 Å². The Morgan fingerprint density at radius 3 is 2.36 bits per heavy atom. The lowest BCUT2D eigenvalue weighted by Gasteiger charge is -2.06. The van der Waals surface area contributed by atoms with Gasteiger partial charge in [-0.1, -0.05) is 13.8 Å². The van der Waals surface area contributed by atoms with Gasteiger partial charge in [0.15, 0.2) is 6.29 Å². The lowest BCUT2D eigenvalue weighted by atomic mass is 10.1. The number of nitrogens with two attached hydrogens (primary N) is 1. The molecule has 0 saturated carbocycles. The normalized spacial score (nSPS) is 8.57. The molecule has 0 aliphatic carbocycles. The second-order valence-corrected chi connectivity index (χ2v) is 2.57. The first-order valence-corrected chi connectivity index (χ1v) is 4.58. The van der Waals surface area contributed by atoms with Gasteiger partial charge in [-0.2, -0.15) is 0 Å². The van der Waals surface area contributed by atoms with E-state index in [1.807, 2.05) is 20.8 Å². The molecule has 0 aliphatic heterocycles. The van der Waals surface area contributed by atoms with Crippen LogP contribution in [0.2, 0.25) is 0 Å². The highest BCUT2D eigenvalue weighted by atomic mass is 16.5. The maximum absolute atomic E-state index is 10.5. The van der Waals surface area contributed by atoms with Crippen molar-refractivity contribution in [3.63, 3.8) is 0 Å². The molecule has 0 aliphatic rings. The average molecular weight is 195 g/mol. The number of benzene rings is 1. The third kappa shape index (κ3) is 2.76. The molecule has 0 unspecified atom stereocenters. The van der Waals surface area contributed by atoms with Crippen LogP contribution in [0.4, 0.5) is 5.69 Å². The Hall–Kier alpha value is -1.51. The molecule has 0 saturated heterocycles. The SMILES string of the molecule is CC.COc1cc(N)c(C=O)cc1C. The van der Waals surface area contributed by atoms with Gasteiger partial charge in [-0.25, -0.2) is 0 Å². The van der Waals surface area contributed by atoms with Gasteiger partial charge in [0.05, 0.1) is 7.11 Å². The molecule has 78 valence electrons. The average Bonchev–Trinajstić information content (AvgIpc) is 2.23. The minimum atomic E-state index is 0.451. The van der Waals surface area contributed by atoms with Crippen molar-refractivity contribution in [3.8, 4) is 5.75 Å². The molecule has 0 aromatic heterocycles. The van der Waals surface area contributed by atoms with Crippen molar-refractivity contribution in [3.05, 3.63) is 23.3 Å². The van der Waals surface area contributed by atoms with Crippen LogP contribution in [0.5, 0.6) is 5.75 Å². The largest absolute Gasteiger partial charge is 0.496 e. The highest BCUT2D eigenvalue weighted by Crippen LogP contribution is 2.23. The predicted molar refractivity (Wildman–Crippen MR) is 58.9 cm³/mol. The zero-order valence-electron chi connectivity index (χ0n) is 9.13. The first-order valence-electron chi connectivity index (χ1n) is 4.58. The molecule has 3 nitrogen and oxygen atoms in total. The number of ether oxygens (including phenoxy) is 1. The maximum atomic E-state index is 10.5. The van der Waals surface area contributed by atoms with Crippen LogP contribution >= 0.6 is 0 Å². The topological polar surface area (TPSA) is 52.3 Å². The zero-order chi connectivity index (χ0) is 11.1. The van der Waals surface area contributed by atoms with E-state index in [1.165, 1.54) is 0 Å². The number of anilines is 1. The van der Waals surface area contributed by atoms with Gasteiger partial charge in [0, 0.05) is 17.3 Å². The summed E-state index contributed by atoms with van der Waals surface area (Å²) < 4.78 is 5.03. The molecule has 1 aromatic rings. The summed E-state index contributed by atoms with van der Waals surface area (Å²) in [6, 6.07) is 3.36. The molecule has 1 rings (SSSR count). The molecular formula is C11H17NO2. The Bertz CT molecular complexity index is 308. The van der Waals surface area contributed by atoms with Crippen LogP contribution in [0.25, 0.3) is 0 Å². The van der Waals surface area contributed by atoms with Crippen molar-refractivity contribution in [2.45, 2.75) is 20.8 Å². The molecule has 0 heterocycles. The van der Waals surface area contributed by atoms with Crippen molar-refractivity contribution >= 4 is 12.0 Å². The Labute approximate surface area is 84.9 Å². The number of carbonyl (C=O) groups excluding carboxylic acids is 1. The third-order valence-corrected chi connectivity index (χ3v) is 1.73. The molecule has 0 bridgehead atoms. The van der Waals surface area contributed by atoms with Crippen LogP contribution in [0.15, 0.2) is 12.1 Å². The fourth-order valence-electron chi connectivity index (χ4n) is 1.05. The summed E-state index contributed by atoms with van der Waals surface area (Å²) in [4.78, 5) is 10.5. The van der Waals surface area contributed by atoms with Crippen LogP contribution in [0.3, 0.4) is 0 Å². The van der Waals surface area contributed by atoms with E-state index in [-0.39, 0.29) is 0 Å². The molecule has 0 atom stereocenters. The monoisotopic (exact) mass is 195 g/mol. The number of nitrogen functional groups attached to an aromatic ring is 1. The number of rotatable bonds is 2. The van der Waals surface area contributed by atoms with E-state index in [2.05, 4.69) is 0 Å². The lowest BCUT2D eigenvalue weighted by molar-refractivity contribution is 0.112. The maximum Gasteiger partial charge on any atom is 0.152 e. The second-order valence-electron chi connectivity index (χ2n) is 2.57. The quantitative estimate of drug-likeness (QED) is 0.582. The zero-order valence-corrected chi connectivity index (χ0v) is 9.13. The predicted octanol–water partition coefficient (Wildman–Crippen LogP) is 2.42. The molecular weight excluding hydrogens is 178 g/mol. The molecule has 3 heteroatoms. The summed E-state index contributed by atoms with van der Waals surface area (Å²) in [5, 5.41) is 0. The van der Waals surface area contributed by atoms with Crippen molar-refractivity contribution in [2.24, 2.45) is 0 Å². The molecule has 0 fully saturated rings. The van der Waals surface area contributed by atoms with Crippen LogP contribution in [-0.4, -0.2) is 13.4 Å². The van der Waals surface area contributed by atoms with Crippen LogP contribution in [0, 0.1) is 6.92 Å². The van der Waals surface area contributed by atoms with Gasteiger partial charge in [-0.3, -0.25) is 4.79 Å². The summed E-state index contributed by atoms with van der Waals surface area (Å²) in [5.74, 6) is 0.707. The van der Waals surface area contributed by atoms with Gasteiger partial charge in [-0.15, -0.1) is 0 Å². The van der Waals surface area contributed by atoms with Gasteiger partial charge in [0.2, 0.25) is 0 Å². The molecule has 14 heavy (non-hydrogen) atoms. The molecule has 0 radical (unpaired) electrons. The molecule has 1 aromatic carbocycles. The Morgan fingerprint density at radius 2 is 1.93 bits per heavy atom. The van der Waals surface area contributed by atoms with Gasteiger partial charge >= 0.3 is 0 Å². The fraction of sp³-hybridized carbons (Fsp3) is 0.364. The lowest BCUT2D eigenvalue weighted by Crippen LogP contribution is -1.96. The summed E-state index contributed by atoms with van der Waals surface area (Å²) in [5.41, 5.74) is 7.44. The number of hydrogen-bond acceptors (Lipinski definition) is 3. The number of aldehydes is 1. The van der Waals surface area contributed by atoms with Crippen molar-refractivity contribution in [1.29, 1.82) is 0 Å². The fourth-order valence-corrected chi connectivity index (χ4v) is 1.05. The first kappa shape index (κ1) is 12.5. The second kappa shape index (κ2) is 6.02. The Kier molecular flexibility index (Phi) is 5.37. The highest BCUT2D eigenvalue weighted by molar-refractivity contribution is 5.84. The smallest absolute Gasteiger partial charge is 0.152 e. The number of carbonyl (C=O) groups is 1. The Morgan fingerprint density at radius 1 is 1.36 bits per heavy atom. The molecule has 2 N–H and O–H groups in total. The highest BCUT2D eigenvalue weighted by Gasteiger charge is 2.03. The van der Waals surface area contributed by atoms with Gasteiger partial charge in [-0.05, 0) is 18.6 Å². The summed E-state index contributed by atoms with van der Waals surface area (Å²) in [7, 11) is 1.57. The molecule has 0 spiro atoms. The molecule has 0 amide bonds. The van der Waals surface area contributed by atoms with Crippen LogP contribution in [0.1, 0.15) is 29.8 Å². The summed E-state index contributed by atoms with van der Waals surface area (Å²) in [6.45, 7) is 5.87. The van der Waals surface area contributed by atoms with Crippen molar-refractivity contribution in [2.75, 3.05) is 12.8 Å². The van der Waals surface area contributed by atoms with Gasteiger partial charge < -0.3 is 10.5 Å². The number of hydrogen-bond donors (Lipinski definition) is 1. The van der Waals surface area contributed by atoms with Crippen molar-refractivity contribution < 1.29 is 9.53 Å². The number of aryl methyl sites for hydroxylation is 1.